The van der Waals surface area contributed by atoms with E-state index in [1.807, 2.05) is 0 Å². The lowest BCUT2D eigenvalue weighted by Gasteiger charge is -2.13. The number of carbonyl (C=O) groups is 2. The van der Waals surface area contributed by atoms with Crippen LogP contribution in [0.1, 0.15) is 58.7 Å². The van der Waals surface area contributed by atoms with Crippen LogP contribution < -0.4 is 10.6 Å². The van der Waals surface area contributed by atoms with Crippen LogP contribution in [0.3, 0.4) is 0 Å². The standard InChI is InChI=1S/C20H23N3O3/c24-19(22-10-8-15-5-2-1-3-6-15)16-9-11-21-18(13-16)20(25)23-14-17-7-4-12-26-17/h4-5,7,9,11-13H,1-3,6,8,10,14H2,(H,22,24)(H,23,25). The molecule has 6 nitrogen and oxygen atoms in total. The highest BCUT2D eigenvalue weighted by molar-refractivity contribution is 5.98. The fraction of sp³-hybridized carbons (Fsp3) is 0.350. The van der Waals surface area contributed by atoms with Gasteiger partial charge in [0.15, 0.2) is 0 Å². The number of rotatable bonds is 7. The average molecular weight is 353 g/mol. The van der Waals surface area contributed by atoms with Crippen molar-refractivity contribution in [2.24, 2.45) is 0 Å². The zero-order valence-corrected chi connectivity index (χ0v) is 14.7. The number of carbonyl (C=O) groups excluding carboxylic acids is 2. The molecule has 0 aromatic carbocycles. The minimum absolute atomic E-state index is 0.191. The molecule has 2 aromatic heterocycles. The fourth-order valence-electron chi connectivity index (χ4n) is 2.94. The number of hydrogen-bond donors (Lipinski definition) is 2. The largest absolute Gasteiger partial charge is 0.467 e. The second-order valence-electron chi connectivity index (χ2n) is 6.31. The van der Waals surface area contributed by atoms with Crippen molar-refractivity contribution in [2.75, 3.05) is 6.54 Å². The van der Waals surface area contributed by atoms with Crippen molar-refractivity contribution in [3.8, 4) is 0 Å². The fourth-order valence-corrected chi connectivity index (χ4v) is 2.94. The number of furan rings is 1. The summed E-state index contributed by atoms with van der Waals surface area (Å²) >= 11 is 0. The van der Waals surface area contributed by atoms with Crippen LogP contribution in [0.2, 0.25) is 0 Å². The first-order valence-electron chi connectivity index (χ1n) is 8.95. The van der Waals surface area contributed by atoms with Crippen LogP contribution in [0.15, 0.2) is 52.8 Å². The molecule has 2 N–H and O–H groups in total. The molecule has 2 heterocycles. The average Bonchev–Trinajstić information content (AvgIpc) is 3.20. The van der Waals surface area contributed by atoms with Crippen LogP contribution in [0.25, 0.3) is 0 Å². The first-order valence-corrected chi connectivity index (χ1v) is 8.95. The zero-order chi connectivity index (χ0) is 18.2. The van der Waals surface area contributed by atoms with E-state index in [9.17, 15) is 9.59 Å². The monoisotopic (exact) mass is 353 g/mol. The number of hydrogen-bond acceptors (Lipinski definition) is 4. The molecule has 2 amide bonds. The third kappa shape index (κ3) is 5.05. The summed E-state index contributed by atoms with van der Waals surface area (Å²) in [6.45, 7) is 0.881. The van der Waals surface area contributed by atoms with Crippen LogP contribution in [-0.4, -0.2) is 23.3 Å². The lowest BCUT2D eigenvalue weighted by molar-refractivity contribution is 0.0943. The number of amides is 2. The van der Waals surface area contributed by atoms with E-state index in [0.29, 0.717) is 17.9 Å². The van der Waals surface area contributed by atoms with Crippen molar-refractivity contribution in [1.82, 2.24) is 15.6 Å². The van der Waals surface area contributed by atoms with E-state index in [1.54, 1.807) is 24.5 Å². The normalized spacial score (nSPS) is 13.8. The third-order valence-corrected chi connectivity index (χ3v) is 4.37. The van der Waals surface area contributed by atoms with Crippen molar-refractivity contribution in [3.63, 3.8) is 0 Å². The molecule has 0 fully saturated rings. The molecule has 6 heteroatoms. The van der Waals surface area contributed by atoms with Gasteiger partial charge in [-0.05, 0) is 56.4 Å². The van der Waals surface area contributed by atoms with Crippen LogP contribution in [0.4, 0.5) is 0 Å². The molecule has 2 aromatic rings. The van der Waals surface area contributed by atoms with Crippen LogP contribution in [0.5, 0.6) is 0 Å². The maximum absolute atomic E-state index is 12.3. The van der Waals surface area contributed by atoms with Gasteiger partial charge >= 0.3 is 0 Å². The molecule has 0 saturated heterocycles. The second kappa shape index (κ2) is 8.99. The van der Waals surface area contributed by atoms with Gasteiger partial charge in [0.05, 0.1) is 12.8 Å². The second-order valence-corrected chi connectivity index (χ2v) is 6.31. The summed E-state index contributed by atoms with van der Waals surface area (Å²) in [6.07, 6.45) is 11.0. The minimum Gasteiger partial charge on any atom is -0.467 e. The molecule has 0 atom stereocenters. The third-order valence-electron chi connectivity index (χ3n) is 4.37. The molecular formula is C20H23N3O3. The van der Waals surface area contributed by atoms with Gasteiger partial charge in [0.1, 0.15) is 11.5 Å². The van der Waals surface area contributed by atoms with Gasteiger partial charge in [-0.25, -0.2) is 0 Å². The van der Waals surface area contributed by atoms with E-state index >= 15 is 0 Å². The van der Waals surface area contributed by atoms with Gasteiger partial charge in [-0.2, -0.15) is 0 Å². The van der Waals surface area contributed by atoms with E-state index in [0.717, 1.165) is 19.3 Å². The minimum atomic E-state index is -0.344. The summed E-state index contributed by atoms with van der Waals surface area (Å²) in [6, 6.07) is 6.65. The number of nitrogens with zero attached hydrogens (tertiary/aromatic N) is 1. The Hall–Kier alpha value is -2.89. The number of nitrogens with one attached hydrogen (secondary N) is 2. The summed E-state index contributed by atoms with van der Waals surface area (Å²) in [5.74, 6) is 0.122. The smallest absolute Gasteiger partial charge is 0.270 e. The Labute approximate surface area is 152 Å². The molecule has 3 rings (SSSR count). The highest BCUT2D eigenvalue weighted by Crippen LogP contribution is 2.19. The summed E-state index contributed by atoms with van der Waals surface area (Å²) in [5.41, 5.74) is 2.06. The van der Waals surface area contributed by atoms with Gasteiger partial charge in [-0.15, -0.1) is 0 Å². The van der Waals surface area contributed by atoms with Gasteiger partial charge in [0.25, 0.3) is 11.8 Å². The van der Waals surface area contributed by atoms with Gasteiger partial charge in [0.2, 0.25) is 0 Å². The predicted molar refractivity (Wildman–Crippen MR) is 97.6 cm³/mol. The first-order chi connectivity index (χ1) is 12.7. The van der Waals surface area contributed by atoms with Crippen LogP contribution in [-0.2, 0) is 6.54 Å². The highest BCUT2D eigenvalue weighted by atomic mass is 16.3. The number of pyridine rings is 1. The lowest BCUT2D eigenvalue weighted by atomic mass is 9.97. The van der Waals surface area contributed by atoms with Crippen LogP contribution in [0, 0.1) is 0 Å². The van der Waals surface area contributed by atoms with Crippen molar-refractivity contribution >= 4 is 11.8 Å². The molecule has 1 aliphatic rings. The summed E-state index contributed by atoms with van der Waals surface area (Å²) in [7, 11) is 0. The topological polar surface area (TPSA) is 84.2 Å². The van der Waals surface area contributed by atoms with Gasteiger partial charge < -0.3 is 15.1 Å². The lowest BCUT2D eigenvalue weighted by Crippen LogP contribution is -2.27. The molecule has 26 heavy (non-hydrogen) atoms. The van der Waals surface area contributed by atoms with Crippen molar-refractivity contribution < 1.29 is 14.0 Å². The summed E-state index contributed by atoms with van der Waals surface area (Å²) in [5, 5.41) is 5.63. The van der Waals surface area contributed by atoms with Gasteiger partial charge in [-0.1, -0.05) is 11.6 Å². The van der Waals surface area contributed by atoms with Gasteiger partial charge in [-0.3, -0.25) is 14.6 Å². The van der Waals surface area contributed by atoms with E-state index in [4.69, 9.17) is 4.42 Å². The predicted octanol–water partition coefficient (Wildman–Crippen LogP) is 3.22. The van der Waals surface area contributed by atoms with Crippen molar-refractivity contribution in [2.45, 2.75) is 38.6 Å². The summed E-state index contributed by atoms with van der Waals surface area (Å²) in [4.78, 5) is 28.5. The first kappa shape index (κ1) is 17.9. The molecule has 0 unspecified atom stereocenters. The molecule has 0 spiro atoms. The maximum Gasteiger partial charge on any atom is 0.270 e. The molecule has 136 valence electrons. The number of allylic oxidation sites excluding steroid dienone is 1. The zero-order valence-electron chi connectivity index (χ0n) is 14.7. The Kier molecular flexibility index (Phi) is 6.19. The highest BCUT2D eigenvalue weighted by Gasteiger charge is 2.12. The Morgan fingerprint density at radius 3 is 2.85 bits per heavy atom. The van der Waals surface area contributed by atoms with E-state index in [1.165, 1.54) is 30.7 Å². The Bertz CT molecular complexity index is 781. The molecule has 0 aliphatic heterocycles. The van der Waals surface area contributed by atoms with E-state index < -0.39 is 0 Å². The van der Waals surface area contributed by atoms with Crippen molar-refractivity contribution in [3.05, 3.63) is 65.4 Å². The quantitative estimate of drug-likeness (QED) is 0.749. The molecule has 0 bridgehead atoms. The molecular weight excluding hydrogens is 330 g/mol. The Balaban J connectivity index is 1.51. The maximum atomic E-state index is 12.3. The SMILES string of the molecule is O=C(NCCC1=CCCCC1)c1ccnc(C(=O)NCc2ccco2)c1. The van der Waals surface area contributed by atoms with Crippen LogP contribution >= 0.6 is 0 Å². The molecule has 0 radical (unpaired) electrons. The molecule has 0 saturated carbocycles. The Morgan fingerprint density at radius 2 is 2.08 bits per heavy atom. The van der Waals surface area contributed by atoms with Gasteiger partial charge in [0, 0.05) is 18.3 Å². The van der Waals surface area contributed by atoms with Crippen molar-refractivity contribution in [1.29, 1.82) is 0 Å². The molecule has 1 aliphatic carbocycles. The van der Waals surface area contributed by atoms with E-state index in [-0.39, 0.29) is 24.1 Å². The van der Waals surface area contributed by atoms with E-state index in [2.05, 4.69) is 21.7 Å². The summed E-state index contributed by atoms with van der Waals surface area (Å²) < 4.78 is 5.17. The number of aromatic nitrogens is 1. The Morgan fingerprint density at radius 1 is 1.15 bits per heavy atom.